The van der Waals surface area contributed by atoms with Crippen LogP contribution in [0.2, 0.25) is 0 Å². The largest absolute Gasteiger partial charge is 0.493 e. The molecule has 0 fully saturated rings. The molecule has 0 radical (unpaired) electrons. The van der Waals surface area contributed by atoms with E-state index in [9.17, 15) is 0 Å². The second-order valence-electron chi connectivity index (χ2n) is 6.81. The van der Waals surface area contributed by atoms with Gasteiger partial charge in [0.2, 0.25) is 0 Å². The number of guanidine groups is 1. The molecule has 0 aliphatic heterocycles. The van der Waals surface area contributed by atoms with Crippen LogP contribution in [-0.4, -0.2) is 40.9 Å². The van der Waals surface area contributed by atoms with Crippen molar-refractivity contribution in [2.24, 2.45) is 4.99 Å². The molecule has 0 bridgehead atoms. The number of ether oxygens (including phenoxy) is 2. The standard InChI is InChI=1S/C23H30N6O2/c1-4-22-28-27-17-29(22)15-14-25-23(24-5-2)26-16-18-10-12-19(13-11-18)31-21-9-7-6-8-20(21)30-3/h6-13,17H,4-5,14-16H2,1-3H3,(H2,24,25,26). The van der Waals surface area contributed by atoms with Gasteiger partial charge in [0, 0.05) is 26.1 Å². The predicted octanol–water partition coefficient (Wildman–Crippen LogP) is 3.40. The van der Waals surface area contributed by atoms with E-state index in [4.69, 9.17) is 9.47 Å². The Balaban J connectivity index is 1.55. The van der Waals surface area contributed by atoms with Crippen molar-refractivity contribution in [3.05, 3.63) is 66.2 Å². The zero-order valence-electron chi connectivity index (χ0n) is 18.3. The molecule has 1 aromatic heterocycles. The van der Waals surface area contributed by atoms with E-state index in [-0.39, 0.29) is 0 Å². The molecule has 3 aromatic rings. The van der Waals surface area contributed by atoms with Crippen LogP contribution in [-0.2, 0) is 19.5 Å². The van der Waals surface area contributed by atoms with E-state index in [0.717, 1.165) is 49.2 Å². The quantitative estimate of drug-likeness (QED) is 0.385. The van der Waals surface area contributed by atoms with Crippen LogP contribution in [0.15, 0.2) is 59.9 Å². The summed E-state index contributed by atoms with van der Waals surface area (Å²) < 4.78 is 13.3. The van der Waals surface area contributed by atoms with Crippen LogP contribution in [0, 0.1) is 0 Å². The van der Waals surface area contributed by atoms with Gasteiger partial charge in [-0.2, -0.15) is 0 Å². The summed E-state index contributed by atoms with van der Waals surface area (Å²) in [5.74, 6) is 3.91. The number of nitrogens with zero attached hydrogens (tertiary/aromatic N) is 4. The zero-order chi connectivity index (χ0) is 21.9. The molecule has 164 valence electrons. The van der Waals surface area contributed by atoms with E-state index >= 15 is 0 Å². The van der Waals surface area contributed by atoms with E-state index in [2.05, 4.69) is 44.2 Å². The van der Waals surface area contributed by atoms with Gasteiger partial charge in [-0.15, -0.1) is 10.2 Å². The molecular weight excluding hydrogens is 392 g/mol. The molecule has 0 atom stereocenters. The number of para-hydroxylation sites is 2. The molecule has 8 heteroatoms. The van der Waals surface area contributed by atoms with E-state index in [0.29, 0.717) is 18.0 Å². The Kier molecular flexibility index (Phi) is 8.28. The van der Waals surface area contributed by atoms with Gasteiger partial charge in [0.15, 0.2) is 17.5 Å². The van der Waals surface area contributed by atoms with Crippen molar-refractivity contribution in [1.29, 1.82) is 0 Å². The summed E-state index contributed by atoms with van der Waals surface area (Å²) in [6.45, 7) is 7.02. The maximum atomic E-state index is 5.93. The van der Waals surface area contributed by atoms with Gasteiger partial charge in [-0.1, -0.05) is 31.2 Å². The summed E-state index contributed by atoms with van der Waals surface area (Å²) in [5, 5.41) is 14.7. The number of rotatable bonds is 10. The number of aryl methyl sites for hydroxylation is 1. The van der Waals surface area contributed by atoms with E-state index in [1.165, 1.54) is 0 Å². The Labute approximate surface area is 183 Å². The molecule has 1 heterocycles. The van der Waals surface area contributed by atoms with Crippen molar-refractivity contribution in [3.8, 4) is 17.2 Å². The highest BCUT2D eigenvalue weighted by Crippen LogP contribution is 2.30. The lowest BCUT2D eigenvalue weighted by molar-refractivity contribution is 0.379. The first-order chi connectivity index (χ1) is 15.2. The normalized spacial score (nSPS) is 11.3. The van der Waals surface area contributed by atoms with Crippen molar-refractivity contribution in [1.82, 2.24) is 25.4 Å². The topological polar surface area (TPSA) is 85.6 Å². The first kappa shape index (κ1) is 22.1. The van der Waals surface area contributed by atoms with Crippen LogP contribution in [0.25, 0.3) is 0 Å². The zero-order valence-corrected chi connectivity index (χ0v) is 18.3. The SMILES string of the molecule is CCNC(=NCc1ccc(Oc2ccccc2OC)cc1)NCCn1cnnc1CC. The van der Waals surface area contributed by atoms with Gasteiger partial charge < -0.3 is 24.7 Å². The molecule has 31 heavy (non-hydrogen) atoms. The van der Waals surface area contributed by atoms with Crippen LogP contribution in [0.3, 0.4) is 0 Å². The third-order valence-corrected chi connectivity index (χ3v) is 4.64. The summed E-state index contributed by atoms with van der Waals surface area (Å²) in [6.07, 6.45) is 2.63. The number of methoxy groups -OCH3 is 1. The number of aliphatic imine (C=N–C) groups is 1. The molecule has 0 saturated heterocycles. The maximum Gasteiger partial charge on any atom is 0.191 e. The lowest BCUT2D eigenvalue weighted by Gasteiger charge is -2.12. The summed E-state index contributed by atoms with van der Waals surface area (Å²) in [5.41, 5.74) is 1.09. The van der Waals surface area contributed by atoms with Crippen LogP contribution >= 0.6 is 0 Å². The van der Waals surface area contributed by atoms with Gasteiger partial charge in [-0.25, -0.2) is 4.99 Å². The van der Waals surface area contributed by atoms with Gasteiger partial charge in [0.25, 0.3) is 0 Å². The van der Waals surface area contributed by atoms with Crippen molar-refractivity contribution in [3.63, 3.8) is 0 Å². The fourth-order valence-corrected chi connectivity index (χ4v) is 3.04. The van der Waals surface area contributed by atoms with Crippen LogP contribution in [0.4, 0.5) is 0 Å². The van der Waals surface area contributed by atoms with E-state index in [1.54, 1.807) is 13.4 Å². The Hall–Kier alpha value is -3.55. The Morgan fingerprint density at radius 2 is 1.81 bits per heavy atom. The van der Waals surface area contributed by atoms with Crippen molar-refractivity contribution >= 4 is 5.96 Å². The second-order valence-corrected chi connectivity index (χ2v) is 6.81. The summed E-state index contributed by atoms with van der Waals surface area (Å²) in [7, 11) is 1.63. The van der Waals surface area contributed by atoms with E-state index < -0.39 is 0 Å². The first-order valence-electron chi connectivity index (χ1n) is 10.5. The fourth-order valence-electron chi connectivity index (χ4n) is 3.04. The van der Waals surface area contributed by atoms with Gasteiger partial charge in [-0.3, -0.25) is 0 Å². The molecule has 2 N–H and O–H groups in total. The van der Waals surface area contributed by atoms with Gasteiger partial charge in [-0.05, 0) is 36.8 Å². The third kappa shape index (κ3) is 6.47. The monoisotopic (exact) mass is 422 g/mol. The molecule has 2 aromatic carbocycles. The molecule has 0 amide bonds. The molecule has 0 unspecified atom stereocenters. The number of benzene rings is 2. The Bertz CT molecular complexity index is 968. The Morgan fingerprint density at radius 1 is 1.03 bits per heavy atom. The highest BCUT2D eigenvalue weighted by atomic mass is 16.5. The molecule has 0 saturated carbocycles. The molecule has 0 aliphatic carbocycles. The minimum absolute atomic E-state index is 0.567. The molecule has 8 nitrogen and oxygen atoms in total. The van der Waals surface area contributed by atoms with Gasteiger partial charge in [0.05, 0.1) is 13.7 Å². The third-order valence-electron chi connectivity index (χ3n) is 4.64. The molecule has 0 spiro atoms. The highest BCUT2D eigenvalue weighted by Gasteiger charge is 2.05. The van der Waals surface area contributed by atoms with Crippen LogP contribution in [0.1, 0.15) is 25.2 Å². The van der Waals surface area contributed by atoms with Crippen molar-refractivity contribution in [2.45, 2.75) is 33.4 Å². The molecule has 0 aliphatic rings. The molecule has 3 rings (SSSR count). The average molecular weight is 423 g/mol. The number of hydrogen-bond acceptors (Lipinski definition) is 5. The summed E-state index contributed by atoms with van der Waals surface area (Å²) in [6, 6.07) is 15.5. The van der Waals surface area contributed by atoms with E-state index in [1.807, 2.05) is 48.5 Å². The van der Waals surface area contributed by atoms with Crippen molar-refractivity contribution < 1.29 is 9.47 Å². The second kappa shape index (κ2) is 11.6. The summed E-state index contributed by atoms with van der Waals surface area (Å²) >= 11 is 0. The van der Waals surface area contributed by atoms with Gasteiger partial charge >= 0.3 is 0 Å². The Morgan fingerprint density at radius 3 is 2.52 bits per heavy atom. The van der Waals surface area contributed by atoms with Crippen molar-refractivity contribution in [2.75, 3.05) is 20.2 Å². The first-order valence-corrected chi connectivity index (χ1v) is 10.5. The maximum absolute atomic E-state index is 5.93. The fraction of sp³-hybridized carbons (Fsp3) is 0.348. The number of hydrogen-bond donors (Lipinski definition) is 2. The number of nitrogens with one attached hydrogen (secondary N) is 2. The average Bonchev–Trinajstić information content (AvgIpc) is 3.26. The summed E-state index contributed by atoms with van der Waals surface area (Å²) in [4.78, 5) is 4.68. The van der Waals surface area contributed by atoms with Crippen LogP contribution in [0.5, 0.6) is 17.2 Å². The number of aromatic nitrogens is 3. The minimum atomic E-state index is 0.567. The van der Waals surface area contributed by atoms with Crippen LogP contribution < -0.4 is 20.1 Å². The smallest absolute Gasteiger partial charge is 0.191 e. The predicted molar refractivity (Wildman–Crippen MR) is 122 cm³/mol. The lowest BCUT2D eigenvalue weighted by atomic mass is 10.2. The van der Waals surface area contributed by atoms with Gasteiger partial charge in [0.1, 0.15) is 17.9 Å². The minimum Gasteiger partial charge on any atom is -0.493 e. The highest BCUT2D eigenvalue weighted by molar-refractivity contribution is 5.79. The molecular formula is C23H30N6O2. The lowest BCUT2D eigenvalue weighted by Crippen LogP contribution is -2.38.